The first-order valence-electron chi connectivity index (χ1n) is 8.80. The van der Waals surface area contributed by atoms with Gasteiger partial charge in [0.25, 0.3) is 0 Å². The lowest BCUT2D eigenvalue weighted by atomic mass is 10.1. The minimum atomic E-state index is -0.548. The van der Waals surface area contributed by atoms with Gasteiger partial charge in [0.2, 0.25) is 5.90 Å². The van der Waals surface area contributed by atoms with E-state index in [1.807, 2.05) is 44.2 Å². The zero-order valence-corrected chi connectivity index (χ0v) is 16.7. The number of carbonyl (C=O) groups is 1. The van der Waals surface area contributed by atoms with Crippen LogP contribution >= 0.6 is 0 Å². The van der Waals surface area contributed by atoms with Crippen molar-refractivity contribution in [2.24, 2.45) is 16.8 Å². The highest BCUT2D eigenvalue weighted by Crippen LogP contribution is 2.23. The van der Waals surface area contributed by atoms with Crippen LogP contribution in [0.4, 0.5) is 10.5 Å². The van der Waals surface area contributed by atoms with E-state index in [1.54, 1.807) is 19.1 Å². The lowest BCUT2D eigenvalue weighted by molar-refractivity contribution is 0.117. The number of benzene rings is 2. The molecule has 0 fully saturated rings. The largest absolute Gasteiger partial charge is 0.474 e. The van der Waals surface area contributed by atoms with Gasteiger partial charge in [0.15, 0.2) is 0 Å². The van der Waals surface area contributed by atoms with Crippen molar-refractivity contribution in [1.82, 2.24) is 5.01 Å². The third kappa shape index (κ3) is 5.45. The molecule has 150 valence electrons. The Kier molecular flexibility index (Phi) is 7.36. The summed E-state index contributed by atoms with van der Waals surface area (Å²) < 4.78 is 5.64. The first kappa shape index (κ1) is 21.2. The van der Waals surface area contributed by atoms with Crippen LogP contribution in [0.5, 0.6) is 0 Å². The molecule has 0 heterocycles. The molecule has 2 rings (SSSR count). The smallest absolute Gasteiger partial charge is 0.352 e. The number of hydrogen-bond donors (Lipinski definition) is 2. The molecule has 0 aromatic heterocycles. The second kappa shape index (κ2) is 9.72. The van der Waals surface area contributed by atoms with Crippen LogP contribution in [0.15, 0.2) is 47.6 Å². The number of rotatable bonds is 6. The molecule has 0 spiro atoms. The summed E-state index contributed by atoms with van der Waals surface area (Å²) in [5, 5.41) is 5.90. The highest BCUT2D eigenvalue weighted by molar-refractivity contribution is 5.91. The van der Waals surface area contributed by atoms with Crippen molar-refractivity contribution in [2.45, 2.75) is 34.0 Å². The van der Waals surface area contributed by atoms with Gasteiger partial charge in [-0.2, -0.15) is 0 Å². The van der Waals surface area contributed by atoms with Crippen molar-refractivity contribution in [3.8, 4) is 0 Å². The molecule has 0 atom stereocenters. The molecule has 0 aliphatic heterocycles. The zero-order chi connectivity index (χ0) is 20.7. The molecule has 0 saturated heterocycles. The Bertz CT molecular complexity index is 851. The average molecular weight is 385 g/mol. The third-order valence-electron chi connectivity index (χ3n) is 4.25. The van der Waals surface area contributed by atoms with Crippen LogP contribution in [0.25, 0.3) is 0 Å². The third-order valence-corrected chi connectivity index (χ3v) is 4.25. The summed E-state index contributed by atoms with van der Waals surface area (Å²) in [5.41, 5.74) is 4.38. The van der Waals surface area contributed by atoms with Gasteiger partial charge in [0, 0.05) is 19.5 Å². The van der Waals surface area contributed by atoms with Crippen molar-refractivity contribution < 1.29 is 14.4 Å². The first-order valence-corrected chi connectivity index (χ1v) is 8.80. The Morgan fingerprint density at radius 3 is 2.39 bits per heavy atom. The molecule has 4 N–H and O–H groups in total. The van der Waals surface area contributed by atoms with Crippen molar-refractivity contribution in [2.75, 3.05) is 12.1 Å². The molecular weight excluding hydrogens is 358 g/mol. The monoisotopic (exact) mass is 385 g/mol. The van der Waals surface area contributed by atoms with Crippen LogP contribution in [0, 0.1) is 13.8 Å². The van der Waals surface area contributed by atoms with Gasteiger partial charge in [-0.05, 0) is 36.6 Å². The van der Waals surface area contributed by atoms with Gasteiger partial charge < -0.3 is 9.57 Å². The number of oxime groups is 1. The summed E-state index contributed by atoms with van der Waals surface area (Å²) in [6.07, 6.45) is 0. The maximum atomic E-state index is 12.0. The molecule has 0 unspecified atom stereocenters. The van der Waals surface area contributed by atoms with Crippen LogP contribution in [0.3, 0.4) is 0 Å². The maximum absolute atomic E-state index is 12.0. The van der Waals surface area contributed by atoms with Crippen LogP contribution < -0.4 is 16.7 Å². The van der Waals surface area contributed by atoms with Crippen molar-refractivity contribution in [3.05, 3.63) is 64.7 Å². The fraction of sp³-hybridized carbons (Fsp3) is 0.300. The predicted octanol–water partition coefficient (Wildman–Crippen LogP) is 2.98. The summed E-state index contributed by atoms with van der Waals surface area (Å²) in [6.45, 7) is 6.19. The van der Waals surface area contributed by atoms with Crippen LogP contribution in [0.1, 0.15) is 29.2 Å². The maximum Gasteiger partial charge on any atom is 0.352 e. The van der Waals surface area contributed by atoms with E-state index in [9.17, 15) is 4.79 Å². The number of urea groups is 1. The normalized spacial score (nSPS) is 11.1. The van der Waals surface area contributed by atoms with Gasteiger partial charge in [-0.15, -0.1) is 0 Å². The number of hydrazine groups is 2. The molecule has 28 heavy (non-hydrogen) atoms. The van der Waals surface area contributed by atoms with E-state index in [0.717, 1.165) is 32.3 Å². The van der Waals surface area contributed by atoms with E-state index in [0.29, 0.717) is 18.2 Å². The molecule has 0 aliphatic carbocycles. The molecule has 8 heteroatoms. The fourth-order valence-electron chi connectivity index (χ4n) is 2.54. The number of carbonyl (C=O) groups excluding carboxylic acids is 1. The molecule has 0 bridgehead atoms. The number of nitrogens with zero attached hydrogens (tertiary/aromatic N) is 3. The summed E-state index contributed by atoms with van der Waals surface area (Å²) in [7, 11) is 1.42. The lowest BCUT2D eigenvalue weighted by Crippen LogP contribution is -2.49. The quantitative estimate of drug-likeness (QED) is 0.261. The van der Waals surface area contributed by atoms with E-state index in [-0.39, 0.29) is 6.61 Å². The molecule has 2 amide bonds. The number of hydrogen-bond acceptors (Lipinski definition) is 6. The number of amides is 2. The topological polar surface area (TPSA) is 106 Å². The summed E-state index contributed by atoms with van der Waals surface area (Å²) in [5.74, 6) is 11.8. The minimum Gasteiger partial charge on any atom is -0.474 e. The minimum absolute atomic E-state index is 0.127. The Labute approximate surface area is 165 Å². The summed E-state index contributed by atoms with van der Waals surface area (Å²) in [6, 6.07) is 12.9. The second-order valence-electron chi connectivity index (χ2n) is 6.43. The van der Waals surface area contributed by atoms with E-state index >= 15 is 0 Å². The van der Waals surface area contributed by atoms with Gasteiger partial charge in [-0.1, -0.05) is 41.6 Å². The highest BCUT2D eigenvalue weighted by Gasteiger charge is 2.19. The van der Waals surface area contributed by atoms with Crippen molar-refractivity contribution in [1.29, 1.82) is 0 Å². The Morgan fingerprint density at radius 2 is 1.71 bits per heavy atom. The molecule has 0 saturated carbocycles. The number of nitrogens with two attached hydrogens (primary N) is 2. The predicted molar refractivity (Wildman–Crippen MR) is 109 cm³/mol. The number of ether oxygens (including phenoxy) is 1. The van der Waals surface area contributed by atoms with Crippen molar-refractivity contribution in [3.63, 3.8) is 0 Å². The fourth-order valence-corrected chi connectivity index (χ4v) is 2.54. The standard InChI is InChI=1S/C20H27N5O3/c1-14-8-5-6-10-17(14)12-27-16(3)23-28-13-18-15(2)9-7-11-19(18)25(22)20(26)24(4)21/h5-11H,12-13,21-22H2,1-4H3/b23-16+. The number of aryl methyl sites for hydroxylation is 2. The Hall–Kier alpha value is -3.10. The molecule has 0 aliphatic rings. The van der Waals surface area contributed by atoms with Crippen LogP contribution in [-0.2, 0) is 22.8 Å². The van der Waals surface area contributed by atoms with Crippen LogP contribution in [-0.4, -0.2) is 24.0 Å². The molecule has 8 nitrogen and oxygen atoms in total. The molecule has 0 radical (unpaired) electrons. The first-order chi connectivity index (χ1) is 13.3. The van der Waals surface area contributed by atoms with E-state index in [1.165, 1.54) is 7.05 Å². The molecular formula is C20H27N5O3. The lowest BCUT2D eigenvalue weighted by Gasteiger charge is -2.23. The van der Waals surface area contributed by atoms with Gasteiger partial charge >= 0.3 is 6.03 Å². The Morgan fingerprint density at radius 1 is 1.04 bits per heavy atom. The number of anilines is 1. The van der Waals surface area contributed by atoms with Gasteiger partial charge in [0.05, 0.1) is 5.69 Å². The van der Waals surface area contributed by atoms with Gasteiger partial charge in [-0.3, -0.25) is 5.01 Å². The molecule has 2 aromatic rings. The van der Waals surface area contributed by atoms with Gasteiger partial charge in [0.1, 0.15) is 13.2 Å². The van der Waals surface area contributed by atoms with E-state index < -0.39 is 6.03 Å². The average Bonchev–Trinajstić information content (AvgIpc) is 2.67. The Balaban J connectivity index is 2.02. The molecule has 2 aromatic carbocycles. The van der Waals surface area contributed by atoms with E-state index in [2.05, 4.69) is 5.16 Å². The van der Waals surface area contributed by atoms with E-state index in [4.69, 9.17) is 21.3 Å². The summed E-state index contributed by atoms with van der Waals surface area (Å²) >= 11 is 0. The zero-order valence-electron chi connectivity index (χ0n) is 16.7. The highest BCUT2D eigenvalue weighted by atomic mass is 16.6. The SMILES string of the molecule is C/C(=N\OCc1c(C)cccc1N(N)C(=O)N(C)N)OCc1ccccc1C. The van der Waals surface area contributed by atoms with Crippen LogP contribution in [0.2, 0.25) is 0 Å². The van der Waals surface area contributed by atoms with Gasteiger partial charge in [-0.25, -0.2) is 21.5 Å². The summed E-state index contributed by atoms with van der Waals surface area (Å²) in [4.78, 5) is 17.5. The second-order valence-corrected chi connectivity index (χ2v) is 6.43. The van der Waals surface area contributed by atoms with Crippen molar-refractivity contribution >= 4 is 17.6 Å².